The highest BCUT2D eigenvalue weighted by molar-refractivity contribution is 8.03. The Morgan fingerprint density at radius 3 is 3.25 bits per heavy atom. The molecule has 0 saturated heterocycles. The Morgan fingerprint density at radius 2 is 2.58 bits per heavy atom. The summed E-state index contributed by atoms with van der Waals surface area (Å²) in [6, 6.07) is 0. The third kappa shape index (κ3) is 2.28. The molecule has 1 rings (SSSR count). The second-order valence-electron chi connectivity index (χ2n) is 2.45. The SMILES string of the molecule is CCCCn1ccnc1SC#N. The number of imidazole rings is 1. The second-order valence-corrected chi connectivity index (χ2v) is 3.20. The molecule has 0 N–H and O–H groups in total. The van der Waals surface area contributed by atoms with Gasteiger partial charge in [0, 0.05) is 30.7 Å². The molecule has 64 valence electrons. The van der Waals surface area contributed by atoms with Gasteiger partial charge in [0.2, 0.25) is 0 Å². The molecule has 0 aliphatic heterocycles. The summed E-state index contributed by atoms with van der Waals surface area (Å²) in [4.78, 5) is 4.06. The van der Waals surface area contributed by atoms with Gasteiger partial charge in [0.1, 0.15) is 5.40 Å². The van der Waals surface area contributed by atoms with E-state index in [1.165, 1.54) is 0 Å². The lowest BCUT2D eigenvalue weighted by molar-refractivity contribution is 0.588. The van der Waals surface area contributed by atoms with Crippen LogP contribution in [-0.4, -0.2) is 9.55 Å². The maximum atomic E-state index is 8.45. The molecule has 0 unspecified atom stereocenters. The number of nitriles is 1. The Balaban J connectivity index is 2.58. The number of thiocyanates is 1. The van der Waals surface area contributed by atoms with Crippen LogP contribution in [0.15, 0.2) is 17.6 Å². The fourth-order valence-corrected chi connectivity index (χ4v) is 1.40. The van der Waals surface area contributed by atoms with Gasteiger partial charge in [-0.3, -0.25) is 0 Å². The second kappa shape index (κ2) is 4.83. The van der Waals surface area contributed by atoms with Gasteiger partial charge in [0.05, 0.1) is 0 Å². The van der Waals surface area contributed by atoms with Gasteiger partial charge in [0.25, 0.3) is 0 Å². The monoisotopic (exact) mass is 181 g/mol. The lowest BCUT2D eigenvalue weighted by atomic mass is 10.3. The Labute approximate surface area is 76.4 Å². The van der Waals surface area contributed by atoms with Gasteiger partial charge in [-0.1, -0.05) is 13.3 Å². The summed E-state index contributed by atoms with van der Waals surface area (Å²) in [6.07, 6.45) is 5.94. The first-order valence-corrected chi connectivity index (χ1v) is 4.77. The zero-order valence-electron chi connectivity index (χ0n) is 7.03. The molecule has 1 aromatic heterocycles. The van der Waals surface area contributed by atoms with Gasteiger partial charge in [-0.15, -0.1) is 0 Å². The molecule has 0 spiro atoms. The number of hydrogen-bond acceptors (Lipinski definition) is 3. The van der Waals surface area contributed by atoms with Gasteiger partial charge in [0.15, 0.2) is 5.16 Å². The van der Waals surface area contributed by atoms with Gasteiger partial charge >= 0.3 is 0 Å². The molecule has 12 heavy (non-hydrogen) atoms. The Bertz CT molecular complexity index is 274. The van der Waals surface area contributed by atoms with Crippen molar-refractivity contribution in [2.24, 2.45) is 0 Å². The lowest BCUT2D eigenvalue weighted by Crippen LogP contribution is -1.97. The summed E-state index contributed by atoms with van der Waals surface area (Å²) in [5.74, 6) is 0. The van der Waals surface area contributed by atoms with E-state index in [9.17, 15) is 0 Å². The molecule has 0 atom stereocenters. The van der Waals surface area contributed by atoms with Crippen LogP contribution >= 0.6 is 11.8 Å². The van der Waals surface area contributed by atoms with Crippen molar-refractivity contribution in [1.29, 1.82) is 5.26 Å². The van der Waals surface area contributed by atoms with Crippen LogP contribution in [0.1, 0.15) is 19.8 Å². The predicted octanol–water partition coefficient (Wildman–Crippen LogP) is 2.26. The highest BCUT2D eigenvalue weighted by Crippen LogP contribution is 2.14. The molecule has 3 nitrogen and oxygen atoms in total. The van der Waals surface area contributed by atoms with E-state index in [4.69, 9.17) is 5.26 Å². The maximum absolute atomic E-state index is 8.45. The zero-order chi connectivity index (χ0) is 8.81. The molecule has 0 aliphatic rings. The summed E-state index contributed by atoms with van der Waals surface area (Å²) < 4.78 is 2.01. The van der Waals surface area contributed by atoms with Crippen LogP contribution in [0, 0.1) is 10.7 Å². The Kier molecular flexibility index (Phi) is 3.68. The van der Waals surface area contributed by atoms with Crippen LogP contribution < -0.4 is 0 Å². The van der Waals surface area contributed by atoms with Crippen LogP contribution in [0.25, 0.3) is 0 Å². The highest BCUT2D eigenvalue weighted by Gasteiger charge is 2.00. The average Bonchev–Trinajstić information content (AvgIpc) is 2.50. The fraction of sp³-hybridized carbons (Fsp3) is 0.500. The van der Waals surface area contributed by atoms with E-state index in [0.717, 1.165) is 36.3 Å². The van der Waals surface area contributed by atoms with E-state index < -0.39 is 0 Å². The maximum Gasteiger partial charge on any atom is 0.182 e. The zero-order valence-corrected chi connectivity index (χ0v) is 7.84. The molecule has 4 heteroatoms. The number of thioether (sulfide) groups is 1. The van der Waals surface area contributed by atoms with Crippen LogP contribution in [0.4, 0.5) is 0 Å². The van der Waals surface area contributed by atoms with Crippen molar-refractivity contribution in [3.05, 3.63) is 12.4 Å². The number of rotatable bonds is 4. The standard InChI is InChI=1S/C8H11N3S/c1-2-3-5-11-6-4-10-8(11)12-7-9/h4,6H,2-3,5H2,1H3. The van der Waals surface area contributed by atoms with Gasteiger partial charge in [-0.05, 0) is 6.42 Å². The van der Waals surface area contributed by atoms with Crippen molar-refractivity contribution in [2.45, 2.75) is 31.5 Å². The molecule has 0 fully saturated rings. The number of nitrogens with zero attached hydrogens (tertiary/aromatic N) is 3. The number of hydrogen-bond donors (Lipinski definition) is 0. The number of aromatic nitrogens is 2. The molecule has 0 amide bonds. The summed E-state index contributed by atoms with van der Waals surface area (Å²) in [6.45, 7) is 3.11. The third-order valence-electron chi connectivity index (χ3n) is 1.57. The highest BCUT2D eigenvalue weighted by atomic mass is 32.2. The smallest absolute Gasteiger partial charge is 0.182 e. The summed E-state index contributed by atoms with van der Waals surface area (Å²) >= 11 is 1.12. The molecule has 1 aromatic rings. The van der Waals surface area contributed by atoms with Crippen LogP contribution in [0.2, 0.25) is 0 Å². The first-order valence-electron chi connectivity index (χ1n) is 3.95. The first-order chi connectivity index (χ1) is 5.88. The Hall–Kier alpha value is -0.950. The van der Waals surface area contributed by atoms with E-state index in [0.29, 0.717) is 0 Å². The average molecular weight is 181 g/mol. The van der Waals surface area contributed by atoms with E-state index in [1.54, 1.807) is 6.20 Å². The minimum atomic E-state index is 0.797. The number of aryl methyl sites for hydroxylation is 1. The third-order valence-corrected chi connectivity index (χ3v) is 2.18. The van der Waals surface area contributed by atoms with Crippen molar-refractivity contribution < 1.29 is 0 Å². The normalized spacial score (nSPS) is 9.67. The molecule has 0 bridgehead atoms. The van der Waals surface area contributed by atoms with E-state index in [2.05, 4.69) is 11.9 Å². The Morgan fingerprint density at radius 1 is 1.75 bits per heavy atom. The van der Waals surface area contributed by atoms with Crippen molar-refractivity contribution in [3.63, 3.8) is 0 Å². The van der Waals surface area contributed by atoms with Crippen LogP contribution in [-0.2, 0) is 6.54 Å². The van der Waals surface area contributed by atoms with Crippen molar-refractivity contribution in [3.8, 4) is 5.40 Å². The summed E-state index contributed by atoms with van der Waals surface area (Å²) in [5, 5.41) is 11.3. The fourth-order valence-electron chi connectivity index (χ4n) is 0.940. The molecule has 0 aromatic carbocycles. The largest absolute Gasteiger partial charge is 0.325 e. The van der Waals surface area contributed by atoms with Gasteiger partial charge in [-0.2, -0.15) is 5.26 Å². The predicted molar refractivity (Wildman–Crippen MR) is 48.6 cm³/mol. The first kappa shape index (κ1) is 9.14. The quantitative estimate of drug-likeness (QED) is 0.528. The van der Waals surface area contributed by atoms with Crippen LogP contribution in [0.3, 0.4) is 0 Å². The topological polar surface area (TPSA) is 41.6 Å². The van der Waals surface area contributed by atoms with Crippen LogP contribution in [0.5, 0.6) is 0 Å². The molecule has 0 saturated carbocycles. The minimum Gasteiger partial charge on any atom is -0.325 e. The van der Waals surface area contributed by atoms with E-state index >= 15 is 0 Å². The molecule has 1 heterocycles. The molecular formula is C8H11N3S. The minimum absolute atomic E-state index is 0.797. The van der Waals surface area contributed by atoms with E-state index in [-0.39, 0.29) is 0 Å². The van der Waals surface area contributed by atoms with Gasteiger partial charge < -0.3 is 4.57 Å². The van der Waals surface area contributed by atoms with Gasteiger partial charge in [-0.25, -0.2) is 4.98 Å². The van der Waals surface area contributed by atoms with Crippen molar-refractivity contribution in [2.75, 3.05) is 0 Å². The van der Waals surface area contributed by atoms with Crippen molar-refractivity contribution in [1.82, 2.24) is 9.55 Å². The molecule has 0 radical (unpaired) electrons. The molecule has 0 aliphatic carbocycles. The summed E-state index contributed by atoms with van der Waals surface area (Å²) in [7, 11) is 0. The summed E-state index contributed by atoms with van der Waals surface area (Å²) in [5.41, 5.74) is 0. The number of unbranched alkanes of at least 4 members (excludes halogenated alkanes) is 1. The lowest BCUT2D eigenvalue weighted by Gasteiger charge is -2.01. The van der Waals surface area contributed by atoms with Crippen molar-refractivity contribution >= 4 is 11.8 Å². The molecular weight excluding hydrogens is 170 g/mol. The van der Waals surface area contributed by atoms with E-state index in [1.807, 2.05) is 16.2 Å².